The molecule has 0 aliphatic rings. The van der Waals surface area contributed by atoms with Gasteiger partial charge in [-0.3, -0.25) is 9.18 Å². The Morgan fingerprint density at radius 3 is 2.40 bits per heavy atom. The van der Waals surface area contributed by atoms with Crippen molar-refractivity contribution in [2.75, 3.05) is 12.4 Å². The van der Waals surface area contributed by atoms with Gasteiger partial charge in [-0.25, -0.2) is 8.42 Å². The molecule has 15 heavy (non-hydrogen) atoms. The quantitative estimate of drug-likeness (QED) is 0.696. The van der Waals surface area contributed by atoms with Crippen LogP contribution in [-0.2, 0) is 14.6 Å². The summed E-state index contributed by atoms with van der Waals surface area (Å²) in [5.41, 5.74) is 0. The molecular formula is C9H17FO4S. The number of halogens is 1. The summed E-state index contributed by atoms with van der Waals surface area (Å²) in [6.07, 6.45) is 1.27. The molecule has 90 valence electrons. The summed E-state index contributed by atoms with van der Waals surface area (Å²) in [7, 11) is -3.70. The van der Waals surface area contributed by atoms with E-state index >= 15 is 0 Å². The Balaban J connectivity index is 4.52. The van der Waals surface area contributed by atoms with Crippen LogP contribution in [0.4, 0.5) is 4.39 Å². The average Bonchev–Trinajstić information content (AvgIpc) is 2.14. The van der Waals surface area contributed by atoms with Crippen molar-refractivity contribution in [2.24, 2.45) is 0 Å². The predicted molar refractivity (Wildman–Crippen MR) is 55.3 cm³/mol. The Hall–Kier alpha value is -0.650. The zero-order valence-corrected chi connectivity index (χ0v) is 9.59. The van der Waals surface area contributed by atoms with Crippen molar-refractivity contribution in [3.63, 3.8) is 0 Å². The van der Waals surface area contributed by atoms with Crippen molar-refractivity contribution in [2.45, 2.75) is 37.9 Å². The minimum Gasteiger partial charge on any atom is -0.480 e. The molecule has 0 spiro atoms. The maximum absolute atomic E-state index is 11.8. The summed E-state index contributed by atoms with van der Waals surface area (Å²) in [5, 5.41) is 7.39. The molecule has 6 heteroatoms. The highest BCUT2D eigenvalue weighted by atomic mass is 32.2. The van der Waals surface area contributed by atoms with Crippen LogP contribution in [0.2, 0.25) is 0 Å². The molecule has 0 amide bonds. The zero-order chi connectivity index (χ0) is 11.9. The van der Waals surface area contributed by atoms with Crippen LogP contribution in [0.5, 0.6) is 0 Å². The van der Waals surface area contributed by atoms with E-state index in [-0.39, 0.29) is 18.6 Å². The van der Waals surface area contributed by atoms with Gasteiger partial charge in [0.15, 0.2) is 15.1 Å². The summed E-state index contributed by atoms with van der Waals surface area (Å²) >= 11 is 0. The van der Waals surface area contributed by atoms with Crippen molar-refractivity contribution in [3.8, 4) is 0 Å². The Morgan fingerprint density at radius 2 is 2.00 bits per heavy atom. The first-order chi connectivity index (χ1) is 6.95. The second-order valence-electron chi connectivity index (χ2n) is 3.38. The van der Waals surface area contributed by atoms with E-state index in [0.717, 1.165) is 6.42 Å². The molecule has 0 aliphatic heterocycles. The van der Waals surface area contributed by atoms with Crippen molar-refractivity contribution in [1.29, 1.82) is 0 Å². The van der Waals surface area contributed by atoms with E-state index in [1.165, 1.54) is 0 Å². The largest absolute Gasteiger partial charge is 0.480 e. The normalized spacial score (nSPS) is 13.7. The van der Waals surface area contributed by atoms with Gasteiger partial charge in [0.25, 0.3) is 0 Å². The van der Waals surface area contributed by atoms with Gasteiger partial charge in [-0.05, 0) is 12.8 Å². The Labute approximate surface area is 89.4 Å². The lowest BCUT2D eigenvalue weighted by atomic mass is 10.2. The van der Waals surface area contributed by atoms with Crippen molar-refractivity contribution >= 4 is 15.8 Å². The van der Waals surface area contributed by atoms with Crippen molar-refractivity contribution in [3.05, 3.63) is 0 Å². The second kappa shape index (κ2) is 6.76. The number of unbranched alkanes of at least 4 members (excludes halogenated alkanes) is 1. The van der Waals surface area contributed by atoms with E-state index in [1.807, 2.05) is 6.92 Å². The monoisotopic (exact) mass is 240 g/mol. The maximum atomic E-state index is 11.8. The fourth-order valence-electron chi connectivity index (χ4n) is 1.24. The van der Waals surface area contributed by atoms with Gasteiger partial charge in [0.05, 0.1) is 12.4 Å². The number of hydrogen-bond donors (Lipinski definition) is 1. The van der Waals surface area contributed by atoms with Gasteiger partial charge in [0, 0.05) is 0 Å². The van der Waals surface area contributed by atoms with Gasteiger partial charge in [0.2, 0.25) is 0 Å². The topological polar surface area (TPSA) is 71.4 Å². The molecule has 0 saturated carbocycles. The number of carboxylic acid groups (broad SMARTS) is 1. The number of aliphatic carboxylic acids is 1. The van der Waals surface area contributed by atoms with E-state index in [4.69, 9.17) is 5.11 Å². The molecule has 0 aromatic rings. The minimum absolute atomic E-state index is 0.112. The molecule has 1 unspecified atom stereocenters. The first-order valence-electron chi connectivity index (χ1n) is 4.96. The third kappa shape index (κ3) is 5.11. The molecule has 0 radical (unpaired) electrons. The highest BCUT2D eigenvalue weighted by Gasteiger charge is 2.31. The molecule has 0 heterocycles. The van der Waals surface area contributed by atoms with Gasteiger partial charge in [-0.15, -0.1) is 0 Å². The Morgan fingerprint density at radius 1 is 1.40 bits per heavy atom. The predicted octanol–water partition coefficient (Wildman–Crippen LogP) is 1.40. The van der Waals surface area contributed by atoms with E-state index < -0.39 is 27.7 Å². The van der Waals surface area contributed by atoms with Crippen molar-refractivity contribution < 1.29 is 22.7 Å². The molecule has 0 saturated heterocycles. The fraction of sp³-hybridized carbons (Fsp3) is 0.889. The molecule has 1 atom stereocenters. The van der Waals surface area contributed by atoms with E-state index in [2.05, 4.69) is 0 Å². The third-order valence-corrected chi connectivity index (χ3v) is 4.25. The lowest BCUT2D eigenvalue weighted by Crippen LogP contribution is -2.32. The Kier molecular flexibility index (Phi) is 6.47. The molecule has 0 aromatic carbocycles. The number of hydrogen-bond acceptors (Lipinski definition) is 3. The smallest absolute Gasteiger partial charge is 0.321 e. The standard InChI is InChI=1S/C9H17FO4S/c1-2-3-5-8(9(11)12)15(13,14)7-4-6-10/h8H,2-7H2,1H3,(H,11,12). The molecule has 1 N–H and O–H groups in total. The van der Waals surface area contributed by atoms with Crippen LogP contribution < -0.4 is 0 Å². The number of rotatable bonds is 8. The highest BCUT2D eigenvalue weighted by Crippen LogP contribution is 2.12. The zero-order valence-electron chi connectivity index (χ0n) is 8.78. The first-order valence-corrected chi connectivity index (χ1v) is 6.67. The second-order valence-corrected chi connectivity index (χ2v) is 5.68. The molecule has 0 rings (SSSR count). The van der Waals surface area contributed by atoms with Crippen LogP contribution in [0.25, 0.3) is 0 Å². The third-order valence-electron chi connectivity index (χ3n) is 2.09. The number of sulfone groups is 1. The highest BCUT2D eigenvalue weighted by molar-refractivity contribution is 7.92. The van der Waals surface area contributed by atoms with Crippen molar-refractivity contribution in [1.82, 2.24) is 0 Å². The van der Waals surface area contributed by atoms with Gasteiger partial charge in [-0.2, -0.15) is 0 Å². The first kappa shape index (κ1) is 14.3. The SMILES string of the molecule is CCCCC(C(=O)O)S(=O)(=O)CCCF. The molecular weight excluding hydrogens is 223 g/mol. The van der Waals surface area contributed by atoms with Crippen LogP contribution in [0.15, 0.2) is 0 Å². The van der Waals surface area contributed by atoms with Gasteiger partial charge in [0.1, 0.15) is 0 Å². The van der Waals surface area contributed by atoms with Gasteiger partial charge in [-0.1, -0.05) is 19.8 Å². The van der Waals surface area contributed by atoms with E-state index in [1.54, 1.807) is 0 Å². The summed E-state index contributed by atoms with van der Waals surface area (Å²) in [6, 6.07) is 0. The molecule has 0 aliphatic carbocycles. The molecule has 0 bridgehead atoms. The Bertz CT molecular complexity index is 286. The minimum atomic E-state index is -3.70. The van der Waals surface area contributed by atoms with E-state index in [9.17, 15) is 17.6 Å². The maximum Gasteiger partial charge on any atom is 0.321 e. The van der Waals surface area contributed by atoms with Crippen LogP contribution in [0.1, 0.15) is 32.6 Å². The van der Waals surface area contributed by atoms with E-state index in [0.29, 0.717) is 6.42 Å². The van der Waals surface area contributed by atoms with Crippen LogP contribution in [0, 0.1) is 0 Å². The summed E-state index contributed by atoms with van der Waals surface area (Å²) in [6.45, 7) is 1.12. The average molecular weight is 240 g/mol. The van der Waals surface area contributed by atoms with Crippen LogP contribution in [0.3, 0.4) is 0 Å². The molecule has 0 aromatic heterocycles. The number of carboxylic acids is 1. The van der Waals surface area contributed by atoms with Crippen LogP contribution in [-0.4, -0.2) is 37.2 Å². The van der Waals surface area contributed by atoms with Crippen LogP contribution >= 0.6 is 0 Å². The van der Waals surface area contributed by atoms with Gasteiger partial charge < -0.3 is 5.11 Å². The summed E-state index contributed by atoms with van der Waals surface area (Å²) in [4.78, 5) is 10.7. The summed E-state index contributed by atoms with van der Waals surface area (Å²) in [5.74, 6) is -1.72. The lowest BCUT2D eigenvalue weighted by molar-refractivity contribution is -0.136. The number of carbonyl (C=O) groups is 1. The molecule has 0 fully saturated rings. The molecule has 4 nitrogen and oxygen atoms in total. The summed E-state index contributed by atoms with van der Waals surface area (Å²) < 4.78 is 34.8. The van der Waals surface area contributed by atoms with Gasteiger partial charge >= 0.3 is 5.97 Å². The lowest BCUT2D eigenvalue weighted by Gasteiger charge is -2.12. The fourth-order valence-corrected chi connectivity index (χ4v) is 2.87. The number of alkyl halides is 1.